The van der Waals surface area contributed by atoms with Gasteiger partial charge in [0.15, 0.2) is 9.84 Å². The molecule has 0 aliphatic heterocycles. The summed E-state index contributed by atoms with van der Waals surface area (Å²) in [7, 11) is -3.37. The molecular formula is C16H11BrClN3O4S. The van der Waals surface area contributed by atoms with Crippen LogP contribution in [0, 0.1) is 0 Å². The zero-order valence-electron chi connectivity index (χ0n) is 13.2. The Kier molecular flexibility index (Phi) is 5.12. The SMILES string of the molecule is CS(=O)(=O)c1cccc(-c2nnc(NC(=O)c3cc(Br)ccc3Cl)o2)c1. The summed E-state index contributed by atoms with van der Waals surface area (Å²) in [6.07, 6.45) is 1.10. The van der Waals surface area contributed by atoms with Crippen molar-refractivity contribution in [3.63, 3.8) is 0 Å². The Bertz CT molecular complexity index is 1100. The van der Waals surface area contributed by atoms with E-state index in [9.17, 15) is 13.2 Å². The minimum atomic E-state index is -3.37. The summed E-state index contributed by atoms with van der Waals surface area (Å²) in [6, 6.07) is 10.8. The molecule has 0 fully saturated rings. The molecule has 0 aliphatic carbocycles. The number of hydrogen-bond acceptors (Lipinski definition) is 6. The predicted molar refractivity (Wildman–Crippen MR) is 99.9 cm³/mol. The molecular weight excluding hydrogens is 446 g/mol. The van der Waals surface area contributed by atoms with Crippen LogP contribution in [0.1, 0.15) is 10.4 Å². The van der Waals surface area contributed by atoms with E-state index in [-0.39, 0.29) is 27.4 Å². The van der Waals surface area contributed by atoms with E-state index in [2.05, 4.69) is 31.4 Å². The van der Waals surface area contributed by atoms with Crippen LogP contribution in [0.25, 0.3) is 11.5 Å². The molecule has 1 aromatic heterocycles. The Morgan fingerprint density at radius 3 is 2.69 bits per heavy atom. The maximum absolute atomic E-state index is 12.3. The zero-order valence-corrected chi connectivity index (χ0v) is 16.4. The van der Waals surface area contributed by atoms with Crippen molar-refractivity contribution in [2.75, 3.05) is 11.6 Å². The number of hydrogen-bond donors (Lipinski definition) is 1. The Hall–Kier alpha value is -2.23. The van der Waals surface area contributed by atoms with Gasteiger partial charge in [-0.15, -0.1) is 5.10 Å². The number of anilines is 1. The average molecular weight is 457 g/mol. The molecule has 134 valence electrons. The van der Waals surface area contributed by atoms with Crippen molar-refractivity contribution >= 4 is 49.3 Å². The van der Waals surface area contributed by atoms with Gasteiger partial charge in [-0.2, -0.15) is 0 Å². The number of sulfone groups is 1. The average Bonchev–Trinajstić information content (AvgIpc) is 3.05. The maximum Gasteiger partial charge on any atom is 0.322 e. The zero-order chi connectivity index (χ0) is 18.9. The lowest BCUT2D eigenvalue weighted by atomic mass is 10.2. The fourth-order valence-corrected chi connectivity index (χ4v) is 3.32. The van der Waals surface area contributed by atoms with Crippen LogP contribution in [0.4, 0.5) is 6.01 Å². The summed E-state index contributed by atoms with van der Waals surface area (Å²) in [5, 5.41) is 10.3. The van der Waals surface area contributed by atoms with Crippen LogP contribution in [0.5, 0.6) is 0 Å². The van der Waals surface area contributed by atoms with E-state index in [0.717, 1.165) is 6.26 Å². The quantitative estimate of drug-likeness (QED) is 0.640. The lowest BCUT2D eigenvalue weighted by molar-refractivity contribution is 0.102. The summed E-state index contributed by atoms with van der Waals surface area (Å²) in [5.41, 5.74) is 0.654. The Balaban J connectivity index is 1.85. The van der Waals surface area contributed by atoms with E-state index in [1.54, 1.807) is 30.3 Å². The molecule has 0 bridgehead atoms. The molecule has 0 saturated heterocycles. The molecule has 0 spiro atoms. The third-order valence-corrected chi connectivity index (χ3v) is 5.26. The summed E-state index contributed by atoms with van der Waals surface area (Å²) in [5.74, 6) is -0.442. The smallest absolute Gasteiger partial charge is 0.322 e. The van der Waals surface area contributed by atoms with Gasteiger partial charge in [0.1, 0.15) is 0 Å². The van der Waals surface area contributed by atoms with Crippen molar-refractivity contribution in [3.8, 4) is 11.5 Å². The molecule has 0 aliphatic rings. The van der Waals surface area contributed by atoms with Crippen LogP contribution in [0.3, 0.4) is 0 Å². The first-order chi connectivity index (χ1) is 12.2. The summed E-state index contributed by atoms with van der Waals surface area (Å²) in [6.45, 7) is 0. The van der Waals surface area contributed by atoms with Gasteiger partial charge in [0.2, 0.25) is 5.89 Å². The van der Waals surface area contributed by atoms with Gasteiger partial charge in [0, 0.05) is 16.3 Å². The lowest BCUT2D eigenvalue weighted by Gasteiger charge is -2.03. The first-order valence-corrected chi connectivity index (χ1v) is 10.2. The minimum Gasteiger partial charge on any atom is -0.403 e. The highest BCUT2D eigenvalue weighted by atomic mass is 79.9. The summed E-state index contributed by atoms with van der Waals surface area (Å²) < 4.78 is 29.4. The maximum atomic E-state index is 12.3. The van der Waals surface area contributed by atoms with Gasteiger partial charge in [-0.05, 0) is 36.4 Å². The summed E-state index contributed by atoms with van der Waals surface area (Å²) in [4.78, 5) is 12.4. The first-order valence-electron chi connectivity index (χ1n) is 7.14. The van der Waals surface area contributed by atoms with Crippen molar-refractivity contribution in [1.82, 2.24) is 10.2 Å². The van der Waals surface area contributed by atoms with Gasteiger partial charge in [0.05, 0.1) is 15.5 Å². The van der Waals surface area contributed by atoms with Crippen LogP contribution in [-0.4, -0.2) is 30.8 Å². The Morgan fingerprint density at radius 2 is 1.96 bits per heavy atom. The highest BCUT2D eigenvalue weighted by molar-refractivity contribution is 9.10. The van der Waals surface area contributed by atoms with Gasteiger partial charge in [-0.3, -0.25) is 10.1 Å². The Morgan fingerprint density at radius 1 is 1.19 bits per heavy atom. The number of benzene rings is 2. The van der Waals surface area contributed by atoms with Gasteiger partial charge in [-0.25, -0.2) is 8.42 Å². The molecule has 0 radical (unpaired) electrons. The van der Waals surface area contributed by atoms with Gasteiger partial charge in [-0.1, -0.05) is 38.7 Å². The van der Waals surface area contributed by atoms with Crippen LogP contribution in [0.15, 0.2) is 56.2 Å². The molecule has 7 nitrogen and oxygen atoms in total. The molecule has 0 saturated carbocycles. The molecule has 0 unspecified atom stereocenters. The highest BCUT2D eigenvalue weighted by Gasteiger charge is 2.16. The topological polar surface area (TPSA) is 102 Å². The summed E-state index contributed by atoms with van der Waals surface area (Å²) >= 11 is 9.28. The van der Waals surface area contributed by atoms with E-state index in [0.29, 0.717) is 10.0 Å². The molecule has 2 aromatic carbocycles. The number of carbonyl (C=O) groups excluding carboxylic acids is 1. The third-order valence-electron chi connectivity index (χ3n) is 3.33. The molecule has 1 heterocycles. The van der Waals surface area contributed by atoms with Crippen LogP contribution >= 0.6 is 27.5 Å². The van der Waals surface area contributed by atoms with Crippen molar-refractivity contribution in [1.29, 1.82) is 0 Å². The van der Waals surface area contributed by atoms with E-state index in [1.165, 1.54) is 12.1 Å². The van der Waals surface area contributed by atoms with E-state index in [4.69, 9.17) is 16.0 Å². The van der Waals surface area contributed by atoms with E-state index in [1.807, 2.05) is 0 Å². The Labute approximate surface area is 162 Å². The molecule has 10 heteroatoms. The molecule has 1 N–H and O–H groups in total. The number of aromatic nitrogens is 2. The van der Waals surface area contributed by atoms with Crippen molar-refractivity contribution in [3.05, 3.63) is 57.5 Å². The highest BCUT2D eigenvalue weighted by Crippen LogP contribution is 2.25. The second-order valence-electron chi connectivity index (χ2n) is 5.29. The van der Waals surface area contributed by atoms with E-state index >= 15 is 0 Å². The second kappa shape index (κ2) is 7.18. The predicted octanol–water partition coefficient (Wildman–Crippen LogP) is 3.81. The lowest BCUT2D eigenvalue weighted by Crippen LogP contribution is -2.12. The van der Waals surface area contributed by atoms with Crippen molar-refractivity contribution in [2.24, 2.45) is 0 Å². The first kappa shape index (κ1) is 18.6. The number of nitrogens with zero attached hydrogens (tertiary/aromatic N) is 2. The standard InChI is InChI=1S/C16H11BrClN3O4S/c1-26(23,24)11-4-2-3-9(7-11)15-20-21-16(25-15)19-14(22)12-8-10(17)5-6-13(12)18/h2-8H,1H3,(H,19,21,22). The fourth-order valence-electron chi connectivity index (χ4n) is 2.09. The number of carbonyl (C=O) groups is 1. The largest absolute Gasteiger partial charge is 0.403 e. The van der Waals surface area contributed by atoms with Crippen LogP contribution in [-0.2, 0) is 9.84 Å². The number of halogens is 2. The second-order valence-corrected chi connectivity index (χ2v) is 8.63. The molecule has 3 aromatic rings. The van der Waals surface area contributed by atoms with Gasteiger partial charge in [0.25, 0.3) is 5.91 Å². The molecule has 1 amide bonds. The van der Waals surface area contributed by atoms with Gasteiger partial charge >= 0.3 is 6.01 Å². The third kappa shape index (κ3) is 4.12. The van der Waals surface area contributed by atoms with Crippen molar-refractivity contribution in [2.45, 2.75) is 4.90 Å². The van der Waals surface area contributed by atoms with Crippen LogP contribution < -0.4 is 5.32 Å². The van der Waals surface area contributed by atoms with E-state index < -0.39 is 15.7 Å². The molecule has 3 rings (SSSR count). The number of amides is 1. The monoisotopic (exact) mass is 455 g/mol. The number of rotatable bonds is 4. The van der Waals surface area contributed by atoms with Gasteiger partial charge < -0.3 is 4.42 Å². The normalized spacial score (nSPS) is 11.3. The fraction of sp³-hybridized carbons (Fsp3) is 0.0625. The minimum absolute atomic E-state index is 0.0751. The van der Waals surface area contributed by atoms with Crippen molar-refractivity contribution < 1.29 is 17.6 Å². The molecule has 0 atom stereocenters. The van der Waals surface area contributed by atoms with Crippen LogP contribution in [0.2, 0.25) is 5.02 Å². The molecule has 26 heavy (non-hydrogen) atoms. The number of nitrogens with one attached hydrogen (secondary N) is 1.